The van der Waals surface area contributed by atoms with E-state index in [0.29, 0.717) is 22.6 Å². The van der Waals surface area contributed by atoms with Crippen LogP contribution >= 0.6 is 27.5 Å². The van der Waals surface area contributed by atoms with Gasteiger partial charge in [0.25, 0.3) is 0 Å². The number of aromatic nitrogens is 1. The molecule has 1 amide bonds. The number of amides is 1. The van der Waals surface area contributed by atoms with Gasteiger partial charge in [-0.15, -0.1) is 0 Å². The second kappa shape index (κ2) is 5.32. The lowest BCUT2D eigenvalue weighted by Gasteiger charge is -2.06. The van der Waals surface area contributed by atoms with E-state index in [0.717, 1.165) is 5.56 Å². The highest BCUT2D eigenvalue weighted by atomic mass is 79.9. The zero-order valence-corrected chi connectivity index (χ0v) is 10.0. The van der Waals surface area contributed by atoms with E-state index in [9.17, 15) is 4.79 Å². The fraction of sp³-hybridized carbons (Fsp3) is 0.333. The number of carbonyl (C=O) groups is 1. The minimum atomic E-state index is -0.0557. The van der Waals surface area contributed by atoms with Crippen molar-refractivity contribution in [3.05, 3.63) is 22.8 Å². The summed E-state index contributed by atoms with van der Waals surface area (Å²) >= 11 is 8.92. The topological polar surface area (TPSA) is 42.0 Å². The molecule has 0 aliphatic heterocycles. The van der Waals surface area contributed by atoms with Crippen molar-refractivity contribution in [2.24, 2.45) is 0 Å². The largest absolute Gasteiger partial charge is 0.310 e. The zero-order chi connectivity index (χ0) is 10.6. The van der Waals surface area contributed by atoms with Crippen molar-refractivity contribution in [1.82, 2.24) is 4.98 Å². The first kappa shape index (κ1) is 11.5. The van der Waals surface area contributed by atoms with Gasteiger partial charge in [-0.05, 0) is 18.6 Å². The number of pyridine rings is 1. The Morgan fingerprint density at radius 2 is 2.43 bits per heavy atom. The summed E-state index contributed by atoms with van der Waals surface area (Å²) in [7, 11) is 0. The van der Waals surface area contributed by atoms with Crippen LogP contribution in [0.15, 0.2) is 12.3 Å². The lowest BCUT2D eigenvalue weighted by molar-refractivity contribution is -0.115. The maximum Gasteiger partial charge on any atom is 0.226 e. The van der Waals surface area contributed by atoms with E-state index in [1.54, 1.807) is 6.07 Å². The highest BCUT2D eigenvalue weighted by Crippen LogP contribution is 2.16. The summed E-state index contributed by atoms with van der Waals surface area (Å²) in [6.45, 7) is 1.85. The van der Waals surface area contributed by atoms with Gasteiger partial charge in [0.2, 0.25) is 5.91 Å². The Kier molecular flexibility index (Phi) is 4.35. The van der Waals surface area contributed by atoms with Crippen LogP contribution in [0.1, 0.15) is 12.0 Å². The van der Waals surface area contributed by atoms with Crippen molar-refractivity contribution in [2.75, 3.05) is 10.6 Å². The highest BCUT2D eigenvalue weighted by molar-refractivity contribution is 9.09. The molecule has 0 unspecified atom stereocenters. The molecule has 0 radical (unpaired) electrons. The molecule has 1 heterocycles. The van der Waals surface area contributed by atoms with Gasteiger partial charge in [-0.2, -0.15) is 0 Å². The van der Waals surface area contributed by atoms with Crippen molar-refractivity contribution in [3.8, 4) is 0 Å². The van der Waals surface area contributed by atoms with Crippen LogP contribution in [0.2, 0.25) is 5.02 Å². The summed E-state index contributed by atoms with van der Waals surface area (Å²) in [5.74, 6) is 0.514. The first-order chi connectivity index (χ1) is 6.63. The molecule has 0 fully saturated rings. The number of hydrogen-bond acceptors (Lipinski definition) is 2. The number of alkyl halides is 1. The number of hydrogen-bond donors (Lipinski definition) is 1. The molecule has 1 aromatic heterocycles. The van der Waals surface area contributed by atoms with E-state index >= 15 is 0 Å². The van der Waals surface area contributed by atoms with Gasteiger partial charge in [0.1, 0.15) is 5.82 Å². The van der Waals surface area contributed by atoms with Crippen molar-refractivity contribution in [1.29, 1.82) is 0 Å². The SMILES string of the molecule is Cc1cc(Cl)cnc1NC(=O)CCBr. The van der Waals surface area contributed by atoms with Gasteiger partial charge in [-0.3, -0.25) is 4.79 Å². The van der Waals surface area contributed by atoms with E-state index < -0.39 is 0 Å². The highest BCUT2D eigenvalue weighted by Gasteiger charge is 2.05. The summed E-state index contributed by atoms with van der Waals surface area (Å²) in [5, 5.41) is 3.91. The summed E-state index contributed by atoms with van der Waals surface area (Å²) < 4.78 is 0. The summed E-state index contributed by atoms with van der Waals surface area (Å²) in [6.07, 6.45) is 1.95. The van der Waals surface area contributed by atoms with Gasteiger partial charge in [-0.1, -0.05) is 27.5 Å². The van der Waals surface area contributed by atoms with Crippen LogP contribution in [0.5, 0.6) is 0 Å². The minimum absolute atomic E-state index is 0.0557. The molecular formula is C9H10BrClN2O. The van der Waals surface area contributed by atoms with Crippen LogP contribution in [0.3, 0.4) is 0 Å². The molecule has 76 valence electrons. The van der Waals surface area contributed by atoms with Crippen LogP contribution in [0.25, 0.3) is 0 Å². The number of rotatable bonds is 3. The van der Waals surface area contributed by atoms with Gasteiger partial charge in [0, 0.05) is 17.9 Å². The Labute approximate surface area is 96.0 Å². The number of aryl methyl sites for hydroxylation is 1. The molecular weight excluding hydrogens is 267 g/mol. The molecule has 0 saturated carbocycles. The maximum atomic E-state index is 11.2. The van der Waals surface area contributed by atoms with Gasteiger partial charge in [0.05, 0.1) is 5.02 Å². The molecule has 1 N–H and O–H groups in total. The molecule has 0 atom stereocenters. The lowest BCUT2D eigenvalue weighted by atomic mass is 10.3. The van der Waals surface area contributed by atoms with Crippen LogP contribution in [0, 0.1) is 6.92 Å². The average molecular weight is 278 g/mol. The number of nitrogens with one attached hydrogen (secondary N) is 1. The van der Waals surface area contributed by atoms with Crippen LogP contribution in [-0.4, -0.2) is 16.2 Å². The first-order valence-corrected chi connectivity index (χ1v) is 5.61. The molecule has 0 bridgehead atoms. The third kappa shape index (κ3) is 3.27. The Morgan fingerprint density at radius 3 is 3.00 bits per heavy atom. The second-order valence-electron chi connectivity index (χ2n) is 2.81. The molecule has 0 saturated heterocycles. The van der Waals surface area contributed by atoms with Crippen LogP contribution in [-0.2, 0) is 4.79 Å². The molecule has 5 heteroatoms. The van der Waals surface area contributed by atoms with Gasteiger partial charge >= 0.3 is 0 Å². The van der Waals surface area contributed by atoms with E-state index in [1.807, 2.05) is 6.92 Å². The fourth-order valence-corrected chi connectivity index (χ4v) is 1.52. The minimum Gasteiger partial charge on any atom is -0.310 e. The van der Waals surface area contributed by atoms with Crippen LogP contribution < -0.4 is 5.32 Å². The predicted molar refractivity (Wildman–Crippen MR) is 61.0 cm³/mol. The molecule has 0 aliphatic carbocycles. The smallest absolute Gasteiger partial charge is 0.226 e. The molecule has 1 rings (SSSR count). The quantitative estimate of drug-likeness (QED) is 0.863. The first-order valence-electron chi connectivity index (χ1n) is 4.11. The lowest BCUT2D eigenvalue weighted by Crippen LogP contribution is -2.13. The normalized spacial score (nSPS) is 9.93. The van der Waals surface area contributed by atoms with Crippen molar-refractivity contribution >= 4 is 39.3 Å². The predicted octanol–water partition coefficient (Wildman–Crippen LogP) is 2.77. The zero-order valence-electron chi connectivity index (χ0n) is 7.68. The number of carbonyl (C=O) groups excluding carboxylic acids is 1. The summed E-state index contributed by atoms with van der Waals surface area (Å²) in [4.78, 5) is 15.3. The standard InChI is InChI=1S/C9H10BrClN2O/c1-6-4-7(11)5-12-9(6)13-8(14)2-3-10/h4-5H,2-3H2,1H3,(H,12,13,14). The average Bonchev–Trinajstić information content (AvgIpc) is 2.10. The van der Waals surface area contributed by atoms with Gasteiger partial charge in [-0.25, -0.2) is 4.98 Å². The second-order valence-corrected chi connectivity index (χ2v) is 4.04. The maximum absolute atomic E-state index is 11.2. The molecule has 0 spiro atoms. The number of nitrogens with zero attached hydrogens (tertiary/aromatic N) is 1. The van der Waals surface area contributed by atoms with Crippen LogP contribution in [0.4, 0.5) is 5.82 Å². The number of halogens is 2. The number of anilines is 1. The summed E-state index contributed by atoms with van der Waals surface area (Å²) in [6, 6.07) is 1.76. The third-order valence-corrected chi connectivity index (χ3v) is 2.23. The summed E-state index contributed by atoms with van der Waals surface area (Å²) in [5.41, 5.74) is 0.862. The van der Waals surface area contributed by atoms with Crippen molar-refractivity contribution in [2.45, 2.75) is 13.3 Å². The van der Waals surface area contributed by atoms with E-state index in [2.05, 4.69) is 26.2 Å². The third-order valence-electron chi connectivity index (χ3n) is 1.62. The molecule has 1 aromatic rings. The molecule has 3 nitrogen and oxygen atoms in total. The molecule has 14 heavy (non-hydrogen) atoms. The van der Waals surface area contributed by atoms with Gasteiger partial charge < -0.3 is 5.32 Å². The Balaban J connectivity index is 2.72. The van der Waals surface area contributed by atoms with Crippen molar-refractivity contribution in [3.63, 3.8) is 0 Å². The fourth-order valence-electron chi connectivity index (χ4n) is 0.952. The van der Waals surface area contributed by atoms with E-state index in [-0.39, 0.29) is 5.91 Å². The Hall–Kier alpha value is -0.610. The van der Waals surface area contributed by atoms with Gasteiger partial charge in [0.15, 0.2) is 0 Å². The Bertz CT molecular complexity index is 344. The molecule has 0 aromatic carbocycles. The monoisotopic (exact) mass is 276 g/mol. The van der Waals surface area contributed by atoms with E-state index in [4.69, 9.17) is 11.6 Å². The van der Waals surface area contributed by atoms with Crippen molar-refractivity contribution < 1.29 is 4.79 Å². The van der Waals surface area contributed by atoms with E-state index in [1.165, 1.54) is 6.20 Å². The molecule has 0 aliphatic rings. The Morgan fingerprint density at radius 1 is 1.71 bits per heavy atom.